The van der Waals surface area contributed by atoms with Gasteiger partial charge in [0.2, 0.25) is 0 Å². The fourth-order valence-corrected chi connectivity index (χ4v) is 6.30. The number of pyridine rings is 1. The molecule has 0 aromatic carbocycles. The highest BCUT2D eigenvalue weighted by molar-refractivity contribution is 5.33. The zero-order valence-corrected chi connectivity index (χ0v) is 14.4. The molecule has 2 heterocycles. The lowest BCUT2D eigenvalue weighted by molar-refractivity contribution is -0.226. The van der Waals surface area contributed by atoms with Crippen LogP contribution in [0.25, 0.3) is 0 Å². The fourth-order valence-electron chi connectivity index (χ4n) is 6.30. The predicted octanol–water partition coefficient (Wildman–Crippen LogP) is 3.08. The zero-order valence-electron chi connectivity index (χ0n) is 14.4. The van der Waals surface area contributed by atoms with Crippen LogP contribution in [0.2, 0.25) is 0 Å². The van der Waals surface area contributed by atoms with Gasteiger partial charge in [0.05, 0.1) is 0 Å². The Morgan fingerprint density at radius 1 is 1.25 bits per heavy atom. The summed E-state index contributed by atoms with van der Waals surface area (Å²) in [5.74, 6) is 2.08. The molecular weight excluding hydrogens is 298 g/mol. The lowest BCUT2D eigenvalue weighted by atomic mass is 9.48. The number of nitrogens with zero attached hydrogens (tertiary/aromatic N) is 3. The van der Waals surface area contributed by atoms with Crippen molar-refractivity contribution < 1.29 is 4.74 Å². The van der Waals surface area contributed by atoms with Gasteiger partial charge >= 0.3 is 0 Å². The SMILES string of the molecule is CO[C@@]1(c2ccnc(C#N)c2)[C@@H]2CCC[C@H]1CN(C13CC(C1)C3)C2. The molecule has 0 amide bonds. The molecule has 4 bridgehead atoms. The summed E-state index contributed by atoms with van der Waals surface area (Å²) in [4.78, 5) is 6.98. The van der Waals surface area contributed by atoms with Crippen LogP contribution in [-0.2, 0) is 10.3 Å². The largest absolute Gasteiger partial charge is 0.373 e. The molecule has 126 valence electrons. The summed E-state index contributed by atoms with van der Waals surface area (Å²) < 4.78 is 6.29. The molecular formula is C20H25N3O. The van der Waals surface area contributed by atoms with Crippen molar-refractivity contribution in [2.45, 2.75) is 49.7 Å². The molecule has 4 heteroatoms. The van der Waals surface area contributed by atoms with Crippen LogP contribution in [0.5, 0.6) is 0 Å². The van der Waals surface area contributed by atoms with Crippen molar-refractivity contribution in [1.29, 1.82) is 5.26 Å². The van der Waals surface area contributed by atoms with Gasteiger partial charge in [-0.15, -0.1) is 0 Å². The number of aromatic nitrogens is 1. The van der Waals surface area contributed by atoms with E-state index in [0.717, 1.165) is 19.0 Å². The van der Waals surface area contributed by atoms with E-state index in [1.807, 2.05) is 13.2 Å². The molecule has 0 N–H and O–H groups in total. The van der Waals surface area contributed by atoms with Crippen LogP contribution in [0.15, 0.2) is 18.3 Å². The highest BCUT2D eigenvalue weighted by Crippen LogP contribution is 2.63. The van der Waals surface area contributed by atoms with Crippen LogP contribution < -0.4 is 0 Å². The van der Waals surface area contributed by atoms with Gasteiger partial charge in [-0.05, 0) is 55.7 Å². The van der Waals surface area contributed by atoms with Gasteiger partial charge < -0.3 is 4.74 Å². The van der Waals surface area contributed by atoms with Gasteiger partial charge in [0.1, 0.15) is 17.4 Å². The molecule has 5 aliphatic rings. The highest BCUT2D eigenvalue weighted by Gasteiger charge is 2.63. The summed E-state index contributed by atoms with van der Waals surface area (Å²) in [6, 6.07) is 6.23. The lowest BCUT2D eigenvalue weighted by Crippen LogP contribution is -2.73. The predicted molar refractivity (Wildman–Crippen MR) is 90.1 cm³/mol. The smallest absolute Gasteiger partial charge is 0.140 e. The third kappa shape index (κ3) is 1.78. The van der Waals surface area contributed by atoms with Gasteiger partial charge in [0.25, 0.3) is 0 Å². The minimum absolute atomic E-state index is 0.229. The first-order valence-corrected chi connectivity index (χ1v) is 9.37. The van der Waals surface area contributed by atoms with Crippen molar-refractivity contribution in [1.82, 2.24) is 9.88 Å². The minimum Gasteiger partial charge on any atom is -0.373 e. The fraction of sp³-hybridized carbons (Fsp3) is 0.700. The zero-order chi connectivity index (χ0) is 16.4. The molecule has 4 aliphatic carbocycles. The monoisotopic (exact) mass is 323 g/mol. The van der Waals surface area contributed by atoms with Crippen molar-refractivity contribution in [3.05, 3.63) is 29.6 Å². The quantitative estimate of drug-likeness (QED) is 0.858. The Hall–Kier alpha value is -1.44. The molecule has 1 saturated heterocycles. The average Bonchev–Trinajstić information content (AvgIpc) is 2.51. The number of piperidine rings is 1. The Balaban J connectivity index is 1.52. The highest BCUT2D eigenvalue weighted by atomic mass is 16.5. The van der Waals surface area contributed by atoms with E-state index < -0.39 is 0 Å². The average molecular weight is 323 g/mol. The number of rotatable bonds is 3. The van der Waals surface area contributed by atoms with E-state index in [9.17, 15) is 5.26 Å². The second-order valence-corrected chi connectivity index (χ2v) is 8.47. The molecule has 0 unspecified atom stereocenters. The van der Waals surface area contributed by atoms with Crippen molar-refractivity contribution in [3.63, 3.8) is 0 Å². The van der Waals surface area contributed by atoms with Gasteiger partial charge in [0, 0.05) is 43.8 Å². The molecule has 0 spiro atoms. The second kappa shape index (κ2) is 5.03. The third-order valence-corrected chi connectivity index (χ3v) is 7.54. The summed E-state index contributed by atoms with van der Waals surface area (Å²) in [6.45, 7) is 2.31. The molecule has 4 saturated carbocycles. The van der Waals surface area contributed by atoms with Crippen molar-refractivity contribution >= 4 is 0 Å². The molecule has 1 aromatic rings. The molecule has 5 fully saturated rings. The summed E-state index contributed by atoms with van der Waals surface area (Å²) in [5, 5.41) is 9.25. The van der Waals surface area contributed by atoms with E-state index in [1.54, 1.807) is 6.20 Å². The summed E-state index contributed by atoms with van der Waals surface area (Å²) in [7, 11) is 1.87. The van der Waals surface area contributed by atoms with E-state index >= 15 is 0 Å². The standard InChI is InChI=1S/C20H25N3O/c1-24-20(15-5-6-22-18(7-15)11-21)16-3-2-4-17(20)13-23(12-16)19-8-14(9-19)10-19/h5-7,14,16-17H,2-4,8-10,12-13H2,1H3/t14?,16-,17+,19?,20+. The Bertz CT molecular complexity index is 678. The maximum absolute atomic E-state index is 9.25. The molecule has 24 heavy (non-hydrogen) atoms. The second-order valence-electron chi connectivity index (χ2n) is 8.47. The maximum Gasteiger partial charge on any atom is 0.140 e. The Morgan fingerprint density at radius 2 is 1.96 bits per heavy atom. The normalized spacial score (nSPS) is 43.4. The van der Waals surface area contributed by atoms with E-state index in [0.29, 0.717) is 23.1 Å². The van der Waals surface area contributed by atoms with E-state index in [2.05, 4.69) is 22.0 Å². The molecule has 6 rings (SSSR count). The van der Waals surface area contributed by atoms with Crippen molar-refractivity contribution in [3.8, 4) is 6.07 Å². The van der Waals surface area contributed by atoms with Crippen LogP contribution in [0, 0.1) is 29.1 Å². The number of nitriles is 1. The van der Waals surface area contributed by atoms with Crippen LogP contribution in [0.3, 0.4) is 0 Å². The molecule has 4 nitrogen and oxygen atoms in total. The van der Waals surface area contributed by atoms with Gasteiger partial charge in [-0.1, -0.05) is 6.42 Å². The molecule has 1 aromatic heterocycles. The molecule has 1 aliphatic heterocycles. The van der Waals surface area contributed by atoms with E-state index in [1.165, 1.54) is 44.1 Å². The van der Waals surface area contributed by atoms with E-state index in [4.69, 9.17) is 4.74 Å². The van der Waals surface area contributed by atoms with Gasteiger partial charge in [0.15, 0.2) is 0 Å². The van der Waals surface area contributed by atoms with Crippen LogP contribution in [-0.4, -0.2) is 35.6 Å². The van der Waals surface area contributed by atoms with Gasteiger partial charge in [-0.3, -0.25) is 4.90 Å². The first kappa shape index (κ1) is 14.9. The number of methoxy groups -OCH3 is 1. The van der Waals surface area contributed by atoms with Crippen molar-refractivity contribution in [2.75, 3.05) is 20.2 Å². The van der Waals surface area contributed by atoms with Gasteiger partial charge in [-0.25, -0.2) is 4.98 Å². The Labute approximate surface area is 143 Å². The number of hydrogen-bond donors (Lipinski definition) is 0. The molecule has 3 atom stereocenters. The summed E-state index contributed by atoms with van der Waals surface area (Å²) >= 11 is 0. The number of likely N-dealkylation sites (tertiary alicyclic amines) is 1. The first-order chi connectivity index (χ1) is 11.7. The van der Waals surface area contributed by atoms with Gasteiger partial charge in [-0.2, -0.15) is 5.26 Å². The van der Waals surface area contributed by atoms with E-state index in [-0.39, 0.29) is 5.60 Å². The first-order valence-electron chi connectivity index (χ1n) is 9.37. The third-order valence-electron chi connectivity index (χ3n) is 7.54. The molecule has 0 radical (unpaired) electrons. The minimum atomic E-state index is -0.229. The maximum atomic E-state index is 9.25. The van der Waals surface area contributed by atoms with Crippen LogP contribution >= 0.6 is 0 Å². The topological polar surface area (TPSA) is 49.1 Å². The summed E-state index contributed by atoms with van der Waals surface area (Å²) in [5.41, 5.74) is 1.99. The van der Waals surface area contributed by atoms with Crippen LogP contribution in [0.1, 0.15) is 49.8 Å². The van der Waals surface area contributed by atoms with Crippen LogP contribution in [0.4, 0.5) is 0 Å². The Kier molecular flexibility index (Phi) is 3.12. The number of fused-ring (bicyclic) bond motifs is 2. The Morgan fingerprint density at radius 3 is 2.50 bits per heavy atom. The lowest BCUT2D eigenvalue weighted by Gasteiger charge is -2.70. The number of hydrogen-bond acceptors (Lipinski definition) is 4. The summed E-state index contributed by atoms with van der Waals surface area (Å²) in [6.07, 6.45) is 9.83. The van der Waals surface area contributed by atoms with Crippen molar-refractivity contribution in [2.24, 2.45) is 17.8 Å². The number of ether oxygens (including phenoxy) is 1.